The van der Waals surface area contributed by atoms with E-state index in [0.717, 1.165) is 23.6 Å². The number of alkyl halides is 3. The Morgan fingerprint density at radius 3 is 2.59 bits per heavy atom. The number of fused-ring (bicyclic) bond motifs is 1. The fraction of sp³-hybridized carbons (Fsp3) is 0.300. The predicted octanol–water partition coefficient (Wildman–Crippen LogP) is 5.39. The van der Waals surface area contributed by atoms with Crippen molar-refractivity contribution in [3.05, 3.63) is 64.2 Å². The molecule has 9 heteroatoms. The highest BCUT2D eigenvalue weighted by atomic mass is 35.5. The van der Waals surface area contributed by atoms with Crippen LogP contribution in [0.3, 0.4) is 0 Å². The summed E-state index contributed by atoms with van der Waals surface area (Å²) in [7, 11) is 0. The number of hydrogen-bond acceptors (Lipinski definition) is 2. The van der Waals surface area contributed by atoms with Crippen LogP contribution in [0, 0.1) is 5.82 Å². The van der Waals surface area contributed by atoms with Crippen LogP contribution in [0.1, 0.15) is 40.2 Å². The van der Waals surface area contributed by atoms with E-state index in [-0.39, 0.29) is 23.2 Å². The number of likely N-dealkylation sites (tertiary alicyclic amines) is 1. The lowest BCUT2D eigenvalue weighted by atomic mass is 9.87. The molecule has 1 fully saturated rings. The van der Waals surface area contributed by atoms with E-state index >= 15 is 0 Å². The summed E-state index contributed by atoms with van der Waals surface area (Å²) < 4.78 is 52.9. The van der Waals surface area contributed by atoms with Gasteiger partial charge in [-0.2, -0.15) is 13.2 Å². The number of aromatic amines is 1. The fourth-order valence-corrected chi connectivity index (χ4v) is 4.14. The molecule has 4 rings (SSSR count). The zero-order valence-corrected chi connectivity index (χ0v) is 15.8. The summed E-state index contributed by atoms with van der Waals surface area (Å²) in [5.74, 6) is -0.839. The summed E-state index contributed by atoms with van der Waals surface area (Å²) in [5, 5.41) is 0.219. The molecule has 3 heterocycles. The molecule has 1 amide bonds. The van der Waals surface area contributed by atoms with Crippen LogP contribution in [0.5, 0.6) is 0 Å². The van der Waals surface area contributed by atoms with Crippen LogP contribution < -0.4 is 0 Å². The van der Waals surface area contributed by atoms with Gasteiger partial charge in [-0.15, -0.1) is 0 Å². The van der Waals surface area contributed by atoms with Gasteiger partial charge in [0.15, 0.2) is 0 Å². The third-order valence-corrected chi connectivity index (χ3v) is 5.60. The topological polar surface area (TPSA) is 49.0 Å². The number of nitrogens with one attached hydrogen (secondary N) is 1. The van der Waals surface area contributed by atoms with Crippen molar-refractivity contribution in [3.63, 3.8) is 0 Å². The number of amides is 1. The molecule has 3 aromatic rings. The highest BCUT2D eigenvalue weighted by Crippen LogP contribution is 2.36. The molecule has 2 aromatic heterocycles. The Morgan fingerprint density at radius 2 is 1.93 bits per heavy atom. The summed E-state index contributed by atoms with van der Waals surface area (Å²) in [6.07, 6.45) is -0.596. The number of carbonyl (C=O) groups is 1. The fourth-order valence-electron chi connectivity index (χ4n) is 3.85. The first kappa shape index (κ1) is 19.7. The molecule has 1 N–H and O–H groups in total. The Kier molecular flexibility index (Phi) is 4.98. The summed E-state index contributed by atoms with van der Waals surface area (Å²) in [5.41, 5.74) is 0.322. The number of H-pyrrole nitrogens is 1. The summed E-state index contributed by atoms with van der Waals surface area (Å²) in [6.45, 7) is 0.742. The average molecular weight is 426 g/mol. The van der Waals surface area contributed by atoms with Crippen molar-refractivity contribution in [3.8, 4) is 0 Å². The number of hydrogen-bond donors (Lipinski definition) is 1. The van der Waals surface area contributed by atoms with Crippen molar-refractivity contribution in [1.82, 2.24) is 14.9 Å². The molecule has 4 nitrogen and oxygen atoms in total. The third-order valence-electron chi connectivity index (χ3n) is 5.29. The Morgan fingerprint density at radius 1 is 1.21 bits per heavy atom. The first-order valence-electron chi connectivity index (χ1n) is 9.03. The van der Waals surface area contributed by atoms with Crippen molar-refractivity contribution < 1.29 is 22.4 Å². The maximum atomic E-state index is 14.4. The van der Waals surface area contributed by atoms with Gasteiger partial charge in [0.2, 0.25) is 0 Å². The molecule has 1 saturated heterocycles. The number of benzene rings is 1. The van der Waals surface area contributed by atoms with Gasteiger partial charge in [0, 0.05) is 35.8 Å². The minimum Gasteiger partial charge on any atom is -0.346 e. The molecular weight excluding hydrogens is 410 g/mol. The second-order valence-corrected chi connectivity index (χ2v) is 7.43. The number of carbonyl (C=O) groups excluding carboxylic acids is 1. The van der Waals surface area contributed by atoms with E-state index in [1.165, 1.54) is 6.20 Å². The minimum absolute atomic E-state index is 0.0726. The van der Waals surface area contributed by atoms with E-state index in [4.69, 9.17) is 11.6 Å². The van der Waals surface area contributed by atoms with Gasteiger partial charge in [-0.3, -0.25) is 4.79 Å². The van der Waals surface area contributed by atoms with Gasteiger partial charge in [-0.25, -0.2) is 9.37 Å². The molecule has 0 atom stereocenters. The van der Waals surface area contributed by atoms with Crippen LogP contribution in [-0.4, -0.2) is 33.9 Å². The van der Waals surface area contributed by atoms with Crippen LogP contribution >= 0.6 is 11.6 Å². The lowest BCUT2D eigenvalue weighted by Crippen LogP contribution is -2.38. The van der Waals surface area contributed by atoms with Crippen LogP contribution in [-0.2, 0) is 6.18 Å². The Hall–Kier alpha value is -2.61. The van der Waals surface area contributed by atoms with Crippen LogP contribution in [0.25, 0.3) is 11.0 Å². The Labute approximate surface area is 168 Å². The molecule has 0 saturated carbocycles. The normalized spacial score (nSPS) is 15.8. The van der Waals surface area contributed by atoms with Crippen LogP contribution in [0.2, 0.25) is 5.02 Å². The Bertz CT molecular complexity index is 1070. The predicted molar refractivity (Wildman–Crippen MR) is 100 cm³/mol. The highest BCUT2D eigenvalue weighted by Gasteiger charge is 2.34. The van der Waals surface area contributed by atoms with Gasteiger partial charge in [-0.05, 0) is 43.0 Å². The van der Waals surface area contributed by atoms with Gasteiger partial charge >= 0.3 is 6.18 Å². The quantitative estimate of drug-likeness (QED) is 0.559. The summed E-state index contributed by atoms with van der Waals surface area (Å²) >= 11 is 5.72. The van der Waals surface area contributed by atoms with Gasteiger partial charge in [0.25, 0.3) is 5.91 Å². The van der Waals surface area contributed by atoms with E-state index < -0.39 is 16.8 Å². The average Bonchev–Trinajstić information content (AvgIpc) is 3.15. The Balaban J connectivity index is 1.50. The lowest BCUT2D eigenvalue weighted by molar-refractivity contribution is -0.137. The zero-order chi connectivity index (χ0) is 20.8. The molecule has 1 aliphatic rings. The summed E-state index contributed by atoms with van der Waals surface area (Å²) in [4.78, 5) is 21.2. The van der Waals surface area contributed by atoms with Crippen molar-refractivity contribution in [2.75, 3.05) is 13.1 Å². The number of pyridine rings is 1. The number of nitrogens with zero attached hydrogens (tertiary/aromatic N) is 2. The van der Waals surface area contributed by atoms with Crippen molar-refractivity contribution in [2.24, 2.45) is 0 Å². The SMILES string of the molecule is O=C(c1ccc(C(F)(F)F)c(Cl)c1)N1CCC(c2c(F)cnc3[nH]ccc23)CC1. The van der Waals surface area contributed by atoms with Crippen molar-refractivity contribution in [2.45, 2.75) is 24.9 Å². The smallest absolute Gasteiger partial charge is 0.346 e. The molecule has 0 bridgehead atoms. The molecule has 152 valence electrons. The highest BCUT2D eigenvalue weighted by molar-refractivity contribution is 6.31. The maximum Gasteiger partial charge on any atom is 0.417 e. The standard InChI is InChI=1S/C20H16ClF4N3O/c21-15-9-12(1-2-14(15)20(23,24)25)19(29)28-7-4-11(5-8-28)17-13-3-6-26-18(13)27-10-16(17)22/h1-3,6,9-11H,4-5,7-8H2,(H,26,27). The van der Waals surface area contributed by atoms with E-state index in [9.17, 15) is 22.4 Å². The lowest BCUT2D eigenvalue weighted by Gasteiger charge is -2.32. The van der Waals surface area contributed by atoms with E-state index in [0.29, 0.717) is 37.1 Å². The number of rotatable bonds is 2. The zero-order valence-electron chi connectivity index (χ0n) is 15.1. The second kappa shape index (κ2) is 7.33. The molecular formula is C20H16ClF4N3O. The number of halogens is 5. The number of piperidine rings is 1. The van der Waals surface area contributed by atoms with Gasteiger partial charge in [0.05, 0.1) is 16.8 Å². The minimum atomic E-state index is -4.57. The molecule has 0 radical (unpaired) electrons. The first-order chi connectivity index (χ1) is 13.8. The first-order valence-corrected chi connectivity index (χ1v) is 9.41. The molecule has 1 aliphatic heterocycles. The molecule has 29 heavy (non-hydrogen) atoms. The van der Waals surface area contributed by atoms with Crippen LogP contribution in [0.15, 0.2) is 36.7 Å². The van der Waals surface area contributed by atoms with Crippen molar-refractivity contribution in [1.29, 1.82) is 0 Å². The number of aromatic nitrogens is 2. The second-order valence-electron chi connectivity index (χ2n) is 7.02. The van der Waals surface area contributed by atoms with Gasteiger partial charge in [0.1, 0.15) is 11.5 Å². The van der Waals surface area contributed by atoms with Gasteiger partial charge < -0.3 is 9.88 Å². The molecule has 0 unspecified atom stereocenters. The van der Waals surface area contributed by atoms with E-state index in [1.54, 1.807) is 17.2 Å². The molecule has 0 spiro atoms. The van der Waals surface area contributed by atoms with E-state index in [2.05, 4.69) is 9.97 Å². The maximum absolute atomic E-state index is 14.4. The largest absolute Gasteiger partial charge is 0.417 e. The van der Waals surface area contributed by atoms with Gasteiger partial charge in [-0.1, -0.05) is 11.6 Å². The summed E-state index contributed by atoms with van der Waals surface area (Å²) in [6, 6.07) is 4.78. The van der Waals surface area contributed by atoms with E-state index in [1.807, 2.05) is 0 Å². The molecule has 1 aromatic carbocycles. The van der Waals surface area contributed by atoms with Crippen LogP contribution in [0.4, 0.5) is 17.6 Å². The molecule has 0 aliphatic carbocycles. The monoisotopic (exact) mass is 425 g/mol. The third kappa shape index (κ3) is 3.69. The van der Waals surface area contributed by atoms with Crippen molar-refractivity contribution >= 4 is 28.5 Å².